The molecule has 1 aliphatic heterocycles. The lowest BCUT2D eigenvalue weighted by Crippen LogP contribution is -2.38. The van der Waals surface area contributed by atoms with Crippen LogP contribution in [0.15, 0.2) is 0 Å². The van der Waals surface area contributed by atoms with Gasteiger partial charge in [-0.25, -0.2) is 0 Å². The standard InChI is InChI=1S/C7H11NO2S/c1-4(2)7(3)5(9)8-6(10)11-7/h4H,1-3H3,(H,8,9,10). The first kappa shape index (κ1) is 8.59. The van der Waals surface area contributed by atoms with Crippen LogP contribution in [0.2, 0.25) is 0 Å². The Bertz CT molecular complexity index is 214. The molecular formula is C7H11NO2S. The van der Waals surface area contributed by atoms with Crippen LogP contribution < -0.4 is 5.32 Å². The van der Waals surface area contributed by atoms with E-state index >= 15 is 0 Å². The van der Waals surface area contributed by atoms with Crippen molar-refractivity contribution in [3.8, 4) is 0 Å². The molecule has 62 valence electrons. The molecule has 0 bridgehead atoms. The fourth-order valence-corrected chi connectivity index (χ4v) is 1.77. The largest absolute Gasteiger partial charge is 0.286 e. The number of nitrogens with one attached hydrogen (secondary N) is 1. The fraction of sp³-hybridized carbons (Fsp3) is 0.714. The smallest absolute Gasteiger partial charge is 0.286 e. The molecule has 1 heterocycles. The van der Waals surface area contributed by atoms with Gasteiger partial charge >= 0.3 is 0 Å². The third-order valence-electron chi connectivity index (χ3n) is 2.07. The molecule has 3 nitrogen and oxygen atoms in total. The summed E-state index contributed by atoms with van der Waals surface area (Å²) in [5.74, 6) is 0.0152. The van der Waals surface area contributed by atoms with Gasteiger partial charge in [0.25, 0.3) is 5.24 Å². The Balaban J connectivity index is 2.87. The van der Waals surface area contributed by atoms with Gasteiger partial charge in [0.05, 0.1) is 0 Å². The second kappa shape index (κ2) is 2.52. The predicted octanol–water partition coefficient (Wildman–Crippen LogP) is 1.38. The average Bonchev–Trinajstić information content (AvgIpc) is 2.08. The highest BCUT2D eigenvalue weighted by atomic mass is 32.2. The van der Waals surface area contributed by atoms with Gasteiger partial charge in [0.2, 0.25) is 5.91 Å². The highest BCUT2D eigenvalue weighted by Crippen LogP contribution is 2.37. The van der Waals surface area contributed by atoms with Crippen LogP contribution in [-0.2, 0) is 4.79 Å². The zero-order valence-corrected chi connectivity index (χ0v) is 7.62. The van der Waals surface area contributed by atoms with Crippen LogP contribution in [0.25, 0.3) is 0 Å². The average molecular weight is 173 g/mol. The third-order valence-corrected chi connectivity index (χ3v) is 3.44. The molecule has 0 aromatic heterocycles. The Labute approximate surface area is 69.9 Å². The number of carbonyl (C=O) groups excluding carboxylic acids is 2. The summed E-state index contributed by atoms with van der Waals surface area (Å²) in [5.41, 5.74) is 0. The van der Waals surface area contributed by atoms with Gasteiger partial charge in [-0.05, 0) is 24.6 Å². The maximum absolute atomic E-state index is 11.2. The van der Waals surface area contributed by atoms with E-state index in [4.69, 9.17) is 0 Å². The molecule has 1 atom stereocenters. The molecule has 0 spiro atoms. The van der Waals surface area contributed by atoms with Crippen LogP contribution >= 0.6 is 11.8 Å². The highest BCUT2D eigenvalue weighted by molar-refractivity contribution is 8.16. The van der Waals surface area contributed by atoms with Crippen molar-refractivity contribution in [2.75, 3.05) is 0 Å². The summed E-state index contributed by atoms with van der Waals surface area (Å²) in [7, 11) is 0. The molecule has 0 aromatic carbocycles. The first-order chi connectivity index (χ1) is 4.97. The Morgan fingerprint density at radius 1 is 1.45 bits per heavy atom. The highest BCUT2D eigenvalue weighted by Gasteiger charge is 2.45. The molecule has 11 heavy (non-hydrogen) atoms. The van der Waals surface area contributed by atoms with E-state index in [9.17, 15) is 9.59 Å². The van der Waals surface area contributed by atoms with Crippen LogP contribution in [-0.4, -0.2) is 15.9 Å². The maximum Gasteiger partial charge on any atom is 0.286 e. The van der Waals surface area contributed by atoms with Gasteiger partial charge in [0, 0.05) is 0 Å². The molecule has 0 aromatic rings. The van der Waals surface area contributed by atoms with E-state index < -0.39 is 4.75 Å². The van der Waals surface area contributed by atoms with Crippen LogP contribution in [0, 0.1) is 5.92 Å². The molecule has 1 rings (SSSR count). The van der Waals surface area contributed by atoms with Gasteiger partial charge < -0.3 is 0 Å². The van der Waals surface area contributed by atoms with E-state index in [0.717, 1.165) is 11.8 Å². The minimum absolute atomic E-state index is 0.164. The Morgan fingerprint density at radius 3 is 2.18 bits per heavy atom. The summed E-state index contributed by atoms with van der Waals surface area (Å²) >= 11 is 1.08. The Morgan fingerprint density at radius 2 is 2.00 bits per heavy atom. The maximum atomic E-state index is 11.2. The normalized spacial score (nSPS) is 31.3. The minimum Gasteiger partial charge on any atom is -0.286 e. The van der Waals surface area contributed by atoms with Crippen LogP contribution in [0.3, 0.4) is 0 Å². The van der Waals surface area contributed by atoms with Gasteiger partial charge in [-0.3, -0.25) is 14.9 Å². The number of thioether (sulfide) groups is 1. The van der Waals surface area contributed by atoms with Crippen LogP contribution in [0.1, 0.15) is 20.8 Å². The lowest BCUT2D eigenvalue weighted by Gasteiger charge is -2.22. The summed E-state index contributed by atoms with van der Waals surface area (Å²) in [6, 6.07) is 0. The zero-order valence-electron chi connectivity index (χ0n) is 6.80. The van der Waals surface area contributed by atoms with E-state index in [2.05, 4.69) is 5.32 Å². The second-order valence-electron chi connectivity index (χ2n) is 3.11. The molecule has 1 aliphatic rings. The lowest BCUT2D eigenvalue weighted by molar-refractivity contribution is -0.122. The van der Waals surface area contributed by atoms with Crippen molar-refractivity contribution in [2.24, 2.45) is 5.92 Å². The summed E-state index contributed by atoms with van der Waals surface area (Å²) in [6.45, 7) is 5.67. The van der Waals surface area contributed by atoms with Gasteiger partial charge in [-0.2, -0.15) is 0 Å². The second-order valence-corrected chi connectivity index (χ2v) is 4.53. The molecule has 1 unspecified atom stereocenters. The predicted molar refractivity (Wildman–Crippen MR) is 44.4 cm³/mol. The Kier molecular flexibility index (Phi) is 1.96. The Hall–Kier alpha value is -0.510. The summed E-state index contributed by atoms with van der Waals surface area (Å²) in [5, 5.41) is 2.04. The molecule has 1 N–H and O–H groups in total. The molecule has 2 amide bonds. The summed E-state index contributed by atoms with van der Waals surface area (Å²) in [6.07, 6.45) is 0. The van der Waals surface area contributed by atoms with Crippen molar-refractivity contribution in [1.29, 1.82) is 0 Å². The SMILES string of the molecule is CC(C)C1(C)SC(=O)NC1=O. The molecule has 0 saturated carbocycles. The van der Waals surface area contributed by atoms with Crippen LogP contribution in [0.5, 0.6) is 0 Å². The van der Waals surface area contributed by atoms with Crippen molar-refractivity contribution >= 4 is 22.9 Å². The van der Waals surface area contributed by atoms with Gasteiger partial charge in [-0.15, -0.1) is 0 Å². The number of rotatable bonds is 1. The third kappa shape index (κ3) is 1.27. The topological polar surface area (TPSA) is 46.2 Å². The first-order valence-electron chi connectivity index (χ1n) is 3.51. The molecular weight excluding hydrogens is 162 g/mol. The minimum atomic E-state index is -0.558. The first-order valence-corrected chi connectivity index (χ1v) is 4.33. The van der Waals surface area contributed by atoms with Crippen molar-refractivity contribution in [1.82, 2.24) is 5.32 Å². The van der Waals surface area contributed by atoms with Crippen molar-refractivity contribution in [3.05, 3.63) is 0 Å². The van der Waals surface area contributed by atoms with E-state index in [0.29, 0.717) is 0 Å². The van der Waals surface area contributed by atoms with Crippen LogP contribution in [0.4, 0.5) is 4.79 Å². The zero-order chi connectivity index (χ0) is 8.65. The number of carbonyl (C=O) groups is 2. The summed E-state index contributed by atoms with van der Waals surface area (Å²) in [4.78, 5) is 22.0. The lowest BCUT2D eigenvalue weighted by atomic mass is 9.96. The quantitative estimate of drug-likeness (QED) is 0.651. The molecule has 0 aliphatic carbocycles. The van der Waals surface area contributed by atoms with E-state index in [1.165, 1.54) is 0 Å². The number of hydrogen-bond donors (Lipinski definition) is 1. The van der Waals surface area contributed by atoms with Crippen molar-refractivity contribution in [3.63, 3.8) is 0 Å². The van der Waals surface area contributed by atoms with Gasteiger partial charge in [-0.1, -0.05) is 13.8 Å². The fourth-order valence-electron chi connectivity index (χ4n) is 0.861. The number of imide groups is 1. The molecule has 0 radical (unpaired) electrons. The van der Waals surface area contributed by atoms with Gasteiger partial charge in [0.15, 0.2) is 0 Å². The molecule has 4 heteroatoms. The van der Waals surface area contributed by atoms with Crippen molar-refractivity contribution < 1.29 is 9.59 Å². The molecule has 1 saturated heterocycles. The molecule has 1 fully saturated rings. The van der Waals surface area contributed by atoms with Gasteiger partial charge in [0.1, 0.15) is 4.75 Å². The van der Waals surface area contributed by atoms with E-state index in [-0.39, 0.29) is 17.1 Å². The summed E-state index contributed by atoms with van der Waals surface area (Å²) < 4.78 is -0.558. The monoisotopic (exact) mass is 173 g/mol. The van der Waals surface area contributed by atoms with E-state index in [1.807, 2.05) is 13.8 Å². The number of amides is 2. The van der Waals surface area contributed by atoms with Crippen molar-refractivity contribution in [2.45, 2.75) is 25.5 Å². The van der Waals surface area contributed by atoms with E-state index in [1.54, 1.807) is 6.92 Å². The number of hydrogen-bond acceptors (Lipinski definition) is 3.